The largest absolute Gasteiger partial charge is 0.478 e. The summed E-state index contributed by atoms with van der Waals surface area (Å²) >= 11 is 0. The zero-order valence-corrected chi connectivity index (χ0v) is 25.2. The summed E-state index contributed by atoms with van der Waals surface area (Å²) in [7, 11) is 0. The first-order chi connectivity index (χ1) is 22.4. The Kier molecular flexibility index (Phi) is 9.03. The van der Waals surface area contributed by atoms with Crippen LogP contribution in [0.2, 0.25) is 0 Å². The number of aromatic nitrogens is 1. The number of hydrogen-bond donors (Lipinski definition) is 7. The zero-order chi connectivity index (χ0) is 33.8. The Bertz CT molecular complexity index is 1970. The molecule has 0 aliphatic carbocycles. The number of aromatic carboxylic acids is 2. The van der Waals surface area contributed by atoms with E-state index < -0.39 is 11.9 Å². The molecule has 1 amide bonds. The number of anilines is 2. The monoisotopic (exact) mass is 632 g/mol. The smallest absolute Gasteiger partial charge is 0.335 e. The van der Waals surface area contributed by atoms with Crippen molar-refractivity contribution >= 4 is 62.2 Å². The Morgan fingerprint density at radius 1 is 0.660 bits per heavy atom. The minimum Gasteiger partial charge on any atom is -0.478 e. The van der Waals surface area contributed by atoms with Crippen molar-refractivity contribution in [1.82, 2.24) is 10.3 Å². The molecule has 0 bridgehead atoms. The number of benzene rings is 4. The van der Waals surface area contributed by atoms with E-state index in [1.165, 1.54) is 46.7 Å². The molecule has 0 atom stereocenters. The topological polar surface area (TPSA) is 227 Å². The summed E-state index contributed by atoms with van der Waals surface area (Å²) < 4.78 is 0. The summed E-state index contributed by atoms with van der Waals surface area (Å²) in [5.74, 6) is 10.3. The van der Waals surface area contributed by atoms with E-state index in [2.05, 4.69) is 10.3 Å². The molecule has 5 rings (SSSR count). The number of carbonyl (C=O) groups is 3. The van der Waals surface area contributed by atoms with Crippen molar-refractivity contribution in [3.05, 3.63) is 125 Å². The van der Waals surface area contributed by atoms with E-state index in [1.807, 2.05) is 0 Å². The number of carboxylic acids is 2. The van der Waals surface area contributed by atoms with Gasteiger partial charge in [-0.05, 0) is 89.1 Å². The average molecular weight is 633 g/mol. The van der Waals surface area contributed by atoms with Crippen LogP contribution in [-0.4, -0.2) is 39.6 Å². The number of nitrogens with one attached hydrogen (secondary N) is 1. The minimum atomic E-state index is -1.02. The van der Waals surface area contributed by atoms with Crippen molar-refractivity contribution < 1.29 is 24.6 Å². The first-order valence-corrected chi connectivity index (χ1v) is 14.3. The van der Waals surface area contributed by atoms with Gasteiger partial charge in [0.2, 0.25) is 0 Å². The highest BCUT2D eigenvalue weighted by atomic mass is 16.4. The molecule has 0 unspecified atom stereocenters. The fourth-order valence-corrected chi connectivity index (χ4v) is 4.85. The third-order valence-corrected chi connectivity index (χ3v) is 7.31. The molecule has 47 heavy (non-hydrogen) atoms. The van der Waals surface area contributed by atoms with E-state index in [-0.39, 0.29) is 45.4 Å². The fraction of sp³-hybridized carbons (Fsp3) is 0.0588. The number of hydrogen-bond acceptors (Lipinski definition) is 10. The van der Waals surface area contributed by atoms with Crippen LogP contribution in [0.3, 0.4) is 0 Å². The Balaban J connectivity index is 1.46. The fourth-order valence-electron chi connectivity index (χ4n) is 4.85. The van der Waals surface area contributed by atoms with Crippen molar-refractivity contribution in [2.24, 2.45) is 23.2 Å². The molecular weight excluding hydrogens is 600 g/mol. The number of rotatable bonds is 10. The number of pyridine rings is 1. The molecule has 13 heteroatoms. The molecule has 0 fully saturated rings. The Labute approximate surface area is 268 Å². The van der Waals surface area contributed by atoms with Crippen LogP contribution in [0.5, 0.6) is 0 Å². The Hall–Kier alpha value is -6.44. The highest BCUT2D eigenvalue weighted by Gasteiger charge is 2.15. The van der Waals surface area contributed by atoms with Gasteiger partial charge >= 0.3 is 11.9 Å². The maximum Gasteiger partial charge on any atom is 0.335 e. The molecule has 4 aromatic carbocycles. The zero-order valence-electron chi connectivity index (χ0n) is 25.2. The van der Waals surface area contributed by atoms with E-state index in [0.29, 0.717) is 17.9 Å². The van der Waals surface area contributed by atoms with Crippen molar-refractivity contribution in [3.8, 4) is 0 Å². The minimum absolute atomic E-state index is 0.133. The summed E-state index contributed by atoms with van der Waals surface area (Å²) in [6.07, 6.45) is 2.89. The molecule has 0 aliphatic heterocycles. The van der Waals surface area contributed by atoms with Gasteiger partial charge in [0.05, 0.1) is 45.3 Å². The standard InChI is InChI=1S/C34H32N8O5/c1-2-39-32(43)25-15-30(28(35)17-41(37)26-9-7-19-11-23(33(44)45)5-3-21(19)13-26)40-31(16-25)29(36)18-42(38)27-10-8-20-12-24(34(46)47)6-4-22(20)14-27/h3-18H,2,35-38H2,1H3,(H,39,43)(H,44,45)(H,46,47)/b28-17-,29-18-. The van der Waals surface area contributed by atoms with Gasteiger partial charge in [-0.25, -0.2) is 26.3 Å². The van der Waals surface area contributed by atoms with Crippen LogP contribution >= 0.6 is 0 Å². The van der Waals surface area contributed by atoms with E-state index in [0.717, 1.165) is 21.5 Å². The number of fused-ring (bicyclic) bond motifs is 2. The maximum absolute atomic E-state index is 12.9. The normalized spacial score (nSPS) is 11.8. The van der Waals surface area contributed by atoms with Crippen LogP contribution in [0, 0.1) is 0 Å². The third kappa shape index (κ3) is 7.12. The van der Waals surface area contributed by atoms with Gasteiger partial charge in [0.25, 0.3) is 5.91 Å². The van der Waals surface area contributed by atoms with Gasteiger partial charge in [-0.2, -0.15) is 0 Å². The SMILES string of the molecule is CCNC(=O)c1cc(/C(N)=C/N(N)c2ccc3cc(C(=O)O)ccc3c2)nc(/C(N)=C/N(N)c2ccc3cc(C(=O)O)ccc3c2)c1. The lowest BCUT2D eigenvalue weighted by Crippen LogP contribution is -2.27. The second kappa shape index (κ2) is 13.3. The lowest BCUT2D eigenvalue weighted by Gasteiger charge is -2.18. The molecule has 1 aromatic heterocycles. The summed E-state index contributed by atoms with van der Waals surface area (Å²) in [5.41, 5.74) is 15.3. The van der Waals surface area contributed by atoms with E-state index in [9.17, 15) is 24.6 Å². The number of amides is 1. The number of carboxylic acid groups (broad SMARTS) is 2. The molecule has 0 saturated heterocycles. The number of nitrogens with zero attached hydrogens (tertiary/aromatic N) is 3. The number of carbonyl (C=O) groups excluding carboxylic acids is 1. The van der Waals surface area contributed by atoms with Gasteiger partial charge in [-0.15, -0.1) is 0 Å². The van der Waals surface area contributed by atoms with Crippen LogP contribution in [0.25, 0.3) is 32.9 Å². The predicted octanol–water partition coefficient (Wildman–Crippen LogP) is 3.81. The lowest BCUT2D eigenvalue weighted by atomic mass is 10.1. The predicted molar refractivity (Wildman–Crippen MR) is 182 cm³/mol. The highest BCUT2D eigenvalue weighted by molar-refractivity contribution is 5.97. The van der Waals surface area contributed by atoms with Crippen molar-refractivity contribution in [1.29, 1.82) is 0 Å². The maximum atomic E-state index is 12.9. The van der Waals surface area contributed by atoms with Crippen molar-refractivity contribution in [2.75, 3.05) is 16.6 Å². The lowest BCUT2D eigenvalue weighted by molar-refractivity contribution is 0.0686. The third-order valence-electron chi connectivity index (χ3n) is 7.31. The molecule has 0 aliphatic rings. The number of hydrazine groups is 2. The Morgan fingerprint density at radius 2 is 1.06 bits per heavy atom. The van der Waals surface area contributed by atoms with Gasteiger partial charge in [0, 0.05) is 24.5 Å². The van der Waals surface area contributed by atoms with Gasteiger partial charge in [0.1, 0.15) is 0 Å². The van der Waals surface area contributed by atoms with Gasteiger partial charge in [-0.3, -0.25) is 14.8 Å². The van der Waals surface area contributed by atoms with Crippen LogP contribution < -0.4 is 38.5 Å². The van der Waals surface area contributed by atoms with Crippen LogP contribution in [0.4, 0.5) is 11.4 Å². The molecule has 0 radical (unpaired) electrons. The first kappa shape index (κ1) is 32.0. The summed E-state index contributed by atoms with van der Waals surface area (Å²) in [6, 6.07) is 23.1. The summed E-state index contributed by atoms with van der Waals surface area (Å²) in [4.78, 5) is 40.1. The second-order valence-corrected chi connectivity index (χ2v) is 10.6. The first-order valence-electron chi connectivity index (χ1n) is 14.3. The van der Waals surface area contributed by atoms with Gasteiger partial charge < -0.3 is 27.0 Å². The van der Waals surface area contributed by atoms with E-state index in [4.69, 9.17) is 23.2 Å². The second-order valence-electron chi connectivity index (χ2n) is 10.6. The molecule has 0 spiro atoms. The summed E-state index contributed by atoms with van der Waals surface area (Å²) in [5, 5.41) is 26.9. The van der Waals surface area contributed by atoms with Crippen molar-refractivity contribution in [2.45, 2.75) is 6.92 Å². The molecule has 11 N–H and O–H groups in total. The quantitative estimate of drug-likeness (QED) is 0.0861. The van der Waals surface area contributed by atoms with E-state index >= 15 is 0 Å². The molecular formula is C34H32N8O5. The molecule has 1 heterocycles. The molecule has 238 valence electrons. The average Bonchev–Trinajstić information content (AvgIpc) is 3.06. The van der Waals surface area contributed by atoms with Crippen LogP contribution in [-0.2, 0) is 0 Å². The highest BCUT2D eigenvalue weighted by Crippen LogP contribution is 2.25. The Morgan fingerprint density at radius 3 is 1.47 bits per heavy atom. The van der Waals surface area contributed by atoms with Gasteiger partial charge in [0.15, 0.2) is 0 Å². The molecule has 5 aromatic rings. The van der Waals surface area contributed by atoms with Crippen LogP contribution in [0.15, 0.2) is 97.3 Å². The molecule has 13 nitrogen and oxygen atoms in total. The number of nitrogens with two attached hydrogens (primary N) is 4. The van der Waals surface area contributed by atoms with Crippen molar-refractivity contribution in [3.63, 3.8) is 0 Å². The van der Waals surface area contributed by atoms with E-state index in [1.54, 1.807) is 67.6 Å². The summed E-state index contributed by atoms with van der Waals surface area (Å²) in [6.45, 7) is 2.18. The van der Waals surface area contributed by atoms with Gasteiger partial charge in [-0.1, -0.05) is 24.3 Å². The van der Waals surface area contributed by atoms with Crippen LogP contribution in [0.1, 0.15) is 49.4 Å². The molecule has 0 saturated carbocycles.